The van der Waals surface area contributed by atoms with Gasteiger partial charge in [-0.1, -0.05) is 24.3 Å². The van der Waals surface area contributed by atoms with E-state index in [1.807, 2.05) is 31.2 Å². The molecule has 208 valence electrons. The number of alkyl halides is 6. The number of nitrogens with one attached hydrogen (secondary N) is 1. The number of urea groups is 1. The van der Waals surface area contributed by atoms with Crippen LogP contribution < -0.4 is 5.32 Å². The number of rotatable bonds is 5. The van der Waals surface area contributed by atoms with Gasteiger partial charge in [-0.05, 0) is 48.2 Å². The van der Waals surface area contributed by atoms with Gasteiger partial charge in [-0.25, -0.2) is 4.79 Å². The summed E-state index contributed by atoms with van der Waals surface area (Å²) in [5.41, 5.74) is -1.20. The maximum atomic E-state index is 13.7. The zero-order chi connectivity index (χ0) is 27.8. The van der Waals surface area contributed by atoms with Gasteiger partial charge in [0.15, 0.2) is 0 Å². The molecule has 3 atom stereocenters. The molecule has 2 aromatic rings. The maximum absolute atomic E-state index is 13.7. The molecule has 6 nitrogen and oxygen atoms in total. The minimum Gasteiger partial charge on any atom is -0.381 e. The van der Waals surface area contributed by atoms with Gasteiger partial charge >= 0.3 is 18.4 Å². The van der Waals surface area contributed by atoms with E-state index < -0.39 is 36.1 Å². The number of hydrogen-bond donors (Lipinski definition) is 2. The van der Waals surface area contributed by atoms with Crippen molar-refractivity contribution in [1.82, 2.24) is 20.0 Å². The van der Waals surface area contributed by atoms with Gasteiger partial charge < -0.3 is 14.9 Å². The van der Waals surface area contributed by atoms with Crippen LogP contribution in [0.5, 0.6) is 0 Å². The lowest BCUT2D eigenvalue weighted by Gasteiger charge is -2.46. The van der Waals surface area contributed by atoms with Crippen molar-refractivity contribution in [3.05, 3.63) is 70.3 Å². The Kier molecular flexibility index (Phi) is 7.96. The Morgan fingerprint density at radius 2 is 1.68 bits per heavy atom. The number of fused-ring (bicyclic) bond motifs is 1. The molecule has 2 heterocycles. The van der Waals surface area contributed by atoms with Crippen molar-refractivity contribution >= 4 is 6.03 Å². The van der Waals surface area contributed by atoms with Crippen molar-refractivity contribution < 1.29 is 36.2 Å². The molecule has 12 heteroatoms. The molecule has 2 aliphatic rings. The summed E-state index contributed by atoms with van der Waals surface area (Å²) in [6, 6.07) is 8.08. The van der Waals surface area contributed by atoms with Gasteiger partial charge in [-0.2, -0.15) is 26.3 Å². The predicted octanol–water partition coefficient (Wildman–Crippen LogP) is 4.62. The molecular formula is C26H30F6N4O2. The van der Waals surface area contributed by atoms with Crippen LogP contribution in [0.3, 0.4) is 0 Å². The number of piperazine rings is 1. The van der Waals surface area contributed by atoms with E-state index in [1.165, 1.54) is 7.05 Å². The average molecular weight is 545 g/mol. The molecule has 2 amide bonds. The predicted molar refractivity (Wildman–Crippen MR) is 128 cm³/mol. The maximum Gasteiger partial charge on any atom is 0.416 e. The summed E-state index contributed by atoms with van der Waals surface area (Å²) in [5, 5.41) is 12.4. The number of halogens is 6. The fourth-order valence-electron chi connectivity index (χ4n) is 5.56. The van der Waals surface area contributed by atoms with Crippen LogP contribution in [-0.2, 0) is 18.9 Å². The second kappa shape index (κ2) is 10.7. The molecule has 2 N–H and O–H groups in total. The summed E-state index contributed by atoms with van der Waals surface area (Å²) < 4.78 is 80.0. The van der Waals surface area contributed by atoms with Gasteiger partial charge in [0, 0.05) is 45.3 Å². The van der Waals surface area contributed by atoms with Crippen molar-refractivity contribution in [2.75, 3.05) is 33.4 Å². The lowest BCUT2D eigenvalue weighted by Crippen LogP contribution is -2.56. The first-order valence-electron chi connectivity index (χ1n) is 12.2. The smallest absolute Gasteiger partial charge is 0.381 e. The molecule has 0 saturated carbocycles. The third kappa shape index (κ3) is 5.92. The van der Waals surface area contributed by atoms with Crippen LogP contribution >= 0.6 is 0 Å². The number of benzene rings is 2. The van der Waals surface area contributed by atoms with E-state index in [9.17, 15) is 36.2 Å². The van der Waals surface area contributed by atoms with Gasteiger partial charge in [0.25, 0.3) is 0 Å². The van der Waals surface area contributed by atoms with Crippen molar-refractivity contribution in [2.24, 2.45) is 0 Å². The molecular weight excluding hydrogens is 514 g/mol. The monoisotopic (exact) mass is 544 g/mol. The standard InChI is InChI=1S/C26H30F6N4O2/c1-16-5-3-4-6-21(16)23-22-12-20(33-15-37)14-35(22)7-8-36(23)24(38)34(2)13-17-9-18(25(27,28)29)11-19(10-17)26(30,31)32/h3-6,9-11,20,22-23,33,37H,7-8,12-15H2,1-2H3. The van der Waals surface area contributed by atoms with Crippen LogP contribution in [0.25, 0.3) is 0 Å². The first-order chi connectivity index (χ1) is 17.8. The van der Waals surface area contributed by atoms with Gasteiger partial charge in [0.1, 0.15) is 0 Å². The molecule has 2 aliphatic heterocycles. The average Bonchev–Trinajstić information content (AvgIpc) is 3.25. The number of amides is 2. The molecule has 2 aromatic carbocycles. The number of nitrogens with zero attached hydrogens (tertiary/aromatic N) is 3. The zero-order valence-corrected chi connectivity index (χ0v) is 21.0. The Bertz CT molecular complexity index is 1120. The van der Waals surface area contributed by atoms with Crippen LogP contribution in [0.2, 0.25) is 0 Å². The lowest BCUT2D eigenvalue weighted by molar-refractivity contribution is -0.143. The number of aliphatic hydroxyl groups is 1. The molecule has 38 heavy (non-hydrogen) atoms. The minimum absolute atomic E-state index is 0.0233. The second-order valence-corrected chi connectivity index (χ2v) is 9.90. The van der Waals surface area contributed by atoms with E-state index in [0.29, 0.717) is 38.2 Å². The van der Waals surface area contributed by atoms with E-state index in [0.717, 1.165) is 16.0 Å². The normalized spacial score (nSPS) is 22.4. The van der Waals surface area contributed by atoms with Crippen LogP contribution in [0.1, 0.15) is 40.3 Å². The Hall–Kier alpha value is -2.83. The van der Waals surface area contributed by atoms with Gasteiger partial charge in [0.05, 0.1) is 23.9 Å². The first-order valence-corrected chi connectivity index (χ1v) is 12.2. The Labute approximate surface area is 216 Å². The topological polar surface area (TPSA) is 59.1 Å². The molecule has 2 saturated heterocycles. The zero-order valence-electron chi connectivity index (χ0n) is 21.0. The summed E-state index contributed by atoms with van der Waals surface area (Å²) >= 11 is 0. The summed E-state index contributed by atoms with van der Waals surface area (Å²) in [5.74, 6) is 0. The van der Waals surface area contributed by atoms with E-state index >= 15 is 0 Å². The van der Waals surface area contributed by atoms with E-state index in [4.69, 9.17) is 0 Å². The van der Waals surface area contributed by atoms with E-state index in [1.54, 1.807) is 4.90 Å². The van der Waals surface area contributed by atoms with Crippen LogP contribution in [0, 0.1) is 6.92 Å². The number of carbonyl (C=O) groups is 1. The lowest BCUT2D eigenvalue weighted by atomic mass is 9.90. The van der Waals surface area contributed by atoms with Crippen molar-refractivity contribution in [3.63, 3.8) is 0 Å². The van der Waals surface area contributed by atoms with Gasteiger partial charge in [0.2, 0.25) is 0 Å². The Morgan fingerprint density at radius 1 is 1.05 bits per heavy atom. The van der Waals surface area contributed by atoms with Gasteiger partial charge in [-0.15, -0.1) is 0 Å². The number of aryl methyl sites for hydroxylation is 1. The number of hydrogen-bond acceptors (Lipinski definition) is 4. The molecule has 0 spiro atoms. The fourth-order valence-corrected chi connectivity index (χ4v) is 5.56. The summed E-state index contributed by atoms with van der Waals surface area (Å²) in [4.78, 5) is 18.8. The molecule has 0 bridgehead atoms. The summed E-state index contributed by atoms with van der Waals surface area (Å²) in [6.07, 6.45) is -9.27. The highest BCUT2D eigenvalue weighted by molar-refractivity contribution is 5.75. The summed E-state index contributed by atoms with van der Waals surface area (Å²) in [7, 11) is 1.38. The van der Waals surface area contributed by atoms with Crippen LogP contribution in [0.4, 0.5) is 31.1 Å². The second-order valence-electron chi connectivity index (χ2n) is 9.90. The van der Waals surface area contributed by atoms with Crippen molar-refractivity contribution in [2.45, 2.75) is 50.4 Å². The molecule has 3 unspecified atom stereocenters. The minimum atomic E-state index is -4.97. The van der Waals surface area contributed by atoms with Crippen LogP contribution in [0.15, 0.2) is 42.5 Å². The Morgan fingerprint density at radius 3 is 2.26 bits per heavy atom. The molecule has 0 aromatic heterocycles. The summed E-state index contributed by atoms with van der Waals surface area (Å²) in [6.45, 7) is 2.91. The third-order valence-electron chi connectivity index (χ3n) is 7.30. The molecule has 2 fully saturated rings. The largest absolute Gasteiger partial charge is 0.416 e. The molecule has 0 radical (unpaired) electrons. The van der Waals surface area contributed by atoms with Gasteiger partial charge in [-0.3, -0.25) is 10.2 Å². The SMILES string of the molecule is Cc1ccccc1C1C2CC(NCO)CN2CCN1C(=O)N(C)Cc1cc(C(F)(F)F)cc(C(F)(F)F)c1. The van der Waals surface area contributed by atoms with E-state index in [-0.39, 0.29) is 36.5 Å². The highest BCUT2D eigenvalue weighted by atomic mass is 19.4. The van der Waals surface area contributed by atoms with Crippen molar-refractivity contribution in [1.29, 1.82) is 0 Å². The van der Waals surface area contributed by atoms with Crippen LogP contribution in [-0.4, -0.2) is 71.3 Å². The highest BCUT2D eigenvalue weighted by Crippen LogP contribution is 2.40. The number of carbonyl (C=O) groups excluding carboxylic acids is 1. The first kappa shape index (κ1) is 28.2. The third-order valence-corrected chi connectivity index (χ3v) is 7.30. The highest BCUT2D eigenvalue weighted by Gasteiger charge is 2.46. The molecule has 4 rings (SSSR count). The van der Waals surface area contributed by atoms with Crippen molar-refractivity contribution in [3.8, 4) is 0 Å². The quantitative estimate of drug-likeness (QED) is 0.426. The number of aliphatic hydroxyl groups excluding tert-OH is 1. The fraction of sp³-hybridized carbons (Fsp3) is 0.500. The Balaban J connectivity index is 1.63. The molecule has 0 aliphatic carbocycles. The van der Waals surface area contributed by atoms with E-state index in [2.05, 4.69) is 10.2 Å².